The third kappa shape index (κ3) is 4.27. The van der Waals surface area contributed by atoms with Crippen LogP contribution in [0.1, 0.15) is 42.1 Å². The van der Waals surface area contributed by atoms with E-state index >= 15 is 0 Å². The van der Waals surface area contributed by atoms with Gasteiger partial charge in [0.05, 0.1) is 6.61 Å². The molecule has 2 aromatic carbocycles. The summed E-state index contributed by atoms with van der Waals surface area (Å²) in [6, 6.07) is 13.2. The Morgan fingerprint density at radius 2 is 1.73 bits per heavy atom. The van der Waals surface area contributed by atoms with E-state index in [0.29, 0.717) is 30.2 Å². The quantitative estimate of drug-likeness (QED) is 0.732. The molecule has 2 aliphatic heterocycles. The summed E-state index contributed by atoms with van der Waals surface area (Å²) in [7, 11) is 0. The van der Waals surface area contributed by atoms with Crippen LogP contribution in [-0.4, -0.2) is 49.6 Å². The summed E-state index contributed by atoms with van der Waals surface area (Å²) in [5, 5.41) is 0. The smallest absolute Gasteiger partial charge is 0.260 e. The molecule has 1 fully saturated rings. The van der Waals surface area contributed by atoms with E-state index in [1.54, 1.807) is 23.1 Å². The summed E-state index contributed by atoms with van der Waals surface area (Å²) in [6.07, 6.45) is 4.13. The summed E-state index contributed by atoms with van der Waals surface area (Å²) >= 11 is 0. The van der Waals surface area contributed by atoms with Crippen LogP contribution in [0.25, 0.3) is 0 Å². The van der Waals surface area contributed by atoms with Crippen LogP contribution in [0.2, 0.25) is 0 Å². The SMILES string of the molecule is CCOc1cc(C(=O)N2CCc3ccccc32)ccc1OCC(=O)N1CCCCC1. The number of rotatable bonds is 6. The molecular weight excluding hydrogens is 380 g/mol. The predicted molar refractivity (Wildman–Crippen MR) is 115 cm³/mol. The molecule has 0 N–H and O–H groups in total. The monoisotopic (exact) mass is 408 g/mol. The number of carbonyl (C=O) groups excluding carboxylic acids is 2. The number of hydrogen-bond acceptors (Lipinski definition) is 4. The van der Waals surface area contributed by atoms with Crippen molar-refractivity contribution in [3.63, 3.8) is 0 Å². The maximum atomic E-state index is 13.1. The van der Waals surface area contributed by atoms with Gasteiger partial charge in [0.15, 0.2) is 18.1 Å². The van der Waals surface area contributed by atoms with Crippen LogP contribution in [-0.2, 0) is 11.2 Å². The summed E-state index contributed by atoms with van der Waals surface area (Å²) in [5.41, 5.74) is 2.70. The average Bonchev–Trinajstić information content (AvgIpc) is 3.22. The van der Waals surface area contributed by atoms with E-state index in [4.69, 9.17) is 9.47 Å². The van der Waals surface area contributed by atoms with Crippen molar-refractivity contribution in [1.82, 2.24) is 4.90 Å². The Balaban J connectivity index is 1.47. The largest absolute Gasteiger partial charge is 0.490 e. The van der Waals surface area contributed by atoms with Crippen molar-refractivity contribution in [1.29, 1.82) is 0 Å². The van der Waals surface area contributed by atoms with Crippen molar-refractivity contribution in [2.24, 2.45) is 0 Å². The lowest BCUT2D eigenvalue weighted by Crippen LogP contribution is -2.38. The van der Waals surface area contributed by atoms with Gasteiger partial charge < -0.3 is 19.3 Å². The molecule has 2 aliphatic rings. The number of piperidine rings is 1. The first-order chi connectivity index (χ1) is 14.7. The first kappa shape index (κ1) is 20.3. The lowest BCUT2D eigenvalue weighted by Gasteiger charge is -2.26. The predicted octanol–water partition coefficient (Wildman–Crippen LogP) is 3.68. The van der Waals surface area contributed by atoms with Gasteiger partial charge in [-0.2, -0.15) is 0 Å². The highest BCUT2D eigenvalue weighted by Gasteiger charge is 2.26. The first-order valence-corrected chi connectivity index (χ1v) is 10.7. The number of fused-ring (bicyclic) bond motifs is 1. The zero-order valence-corrected chi connectivity index (χ0v) is 17.4. The maximum Gasteiger partial charge on any atom is 0.260 e. The number of likely N-dealkylation sites (tertiary alicyclic amines) is 1. The minimum Gasteiger partial charge on any atom is -0.490 e. The third-order valence-electron chi connectivity index (χ3n) is 5.68. The van der Waals surface area contributed by atoms with Gasteiger partial charge in [-0.3, -0.25) is 9.59 Å². The van der Waals surface area contributed by atoms with E-state index < -0.39 is 0 Å². The first-order valence-electron chi connectivity index (χ1n) is 10.7. The molecule has 6 nitrogen and oxygen atoms in total. The Morgan fingerprint density at radius 1 is 0.933 bits per heavy atom. The zero-order chi connectivity index (χ0) is 20.9. The van der Waals surface area contributed by atoms with Crippen LogP contribution >= 0.6 is 0 Å². The topological polar surface area (TPSA) is 59.1 Å². The van der Waals surface area contributed by atoms with Crippen LogP contribution in [0.3, 0.4) is 0 Å². The molecule has 0 aliphatic carbocycles. The molecule has 6 heteroatoms. The molecule has 0 aromatic heterocycles. The van der Waals surface area contributed by atoms with Crippen molar-refractivity contribution >= 4 is 17.5 Å². The van der Waals surface area contributed by atoms with E-state index in [1.165, 1.54) is 12.0 Å². The number of hydrogen-bond donors (Lipinski definition) is 0. The van der Waals surface area contributed by atoms with Gasteiger partial charge in [0, 0.05) is 30.9 Å². The number of anilines is 1. The number of benzene rings is 2. The van der Waals surface area contributed by atoms with Gasteiger partial charge in [0.2, 0.25) is 0 Å². The van der Waals surface area contributed by atoms with Gasteiger partial charge in [-0.25, -0.2) is 0 Å². The average molecular weight is 408 g/mol. The Bertz CT molecular complexity index is 921. The van der Waals surface area contributed by atoms with Crippen LogP contribution in [0.4, 0.5) is 5.69 Å². The molecule has 2 amide bonds. The molecule has 0 radical (unpaired) electrons. The molecular formula is C24H28N2O4. The molecule has 2 aromatic rings. The van der Waals surface area contributed by atoms with E-state index in [-0.39, 0.29) is 18.4 Å². The van der Waals surface area contributed by atoms with E-state index in [0.717, 1.165) is 38.0 Å². The fraction of sp³-hybridized carbons (Fsp3) is 0.417. The van der Waals surface area contributed by atoms with Gasteiger partial charge >= 0.3 is 0 Å². The van der Waals surface area contributed by atoms with E-state index in [9.17, 15) is 9.59 Å². The van der Waals surface area contributed by atoms with Crippen molar-refractivity contribution in [3.05, 3.63) is 53.6 Å². The molecule has 0 spiro atoms. The molecule has 0 atom stereocenters. The van der Waals surface area contributed by atoms with Crippen molar-refractivity contribution < 1.29 is 19.1 Å². The lowest BCUT2D eigenvalue weighted by atomic mass is 10.1. The molecule has 158 valence electrons. The Labute approximate surface area is 177 Å². The van der Waals surface area contributed by atoms with Crippen molar-refractivity contribution in [2.45, 2.75) is 32.6 Å². The summed E-state index contributed by atoms with van der Waals surface area (Å²) < 4.78 is 11.5. The highest BCUT2D eigenvalue weighted by molar-refractivity contribution is 6.07. The summed E-state index contributed by atoms with van der Waals surface area (Å²) in [4.78, 5) is 29.2. The van der Waals surface area contributed by atoms with Crippen molar-refractivity contribution in [3.8, 4) is 11.5 Å². The molecule has 1 saturated heterocycles. The molecule has 0 saturated carbocycles. The van der Waals surface area contributed by atoms with Crippen LogP contribution < -0.4 is 14.4 Å². The second-order valence-electron chi connectivity index (χ2n) is 7.66. The van der Waals surface area contributed by atoms with Crippen LogP contribution in [0.15, 0.2) is 42.5 Å². The standard InChI is InChI=1S/C24H28N2O4/c1-2-29-22-16-19(24(28)26-15-12-18-8-4-5-9-20(18)26)10-11-21(22)30-17-23(27)25-13-6-3-7-14-25/h4-5,8-11,16H,2-3,6-7,12-15,17H2,1H3. The number of nitrogens with zero attached hydrogens (tertiary/aromatic N) is 2. The molecule has 4 rings (SSSR count). The Hall–Kier alpha value is -3.02. The van der Waals surface area contributed by atoms with Crippen molar-refractivity contribution in [2.75, 3.05) is 37.7 Å². The van der Waals surface area contributed by atoms with Gasteiger partial charge in [-0.05, 0) is 62.4 Å². The number of ether oxygens (including phenoxy) is 2. The number of carbonyl (C=O) groups is 2. The third-order valence-corrected chi connectivity index (χ3v) is 5.68. The molecule has 0 unspecified atom stereocenters. The normalized spacial score (nSPS) is 15.6. The summed E-state index contributed by atoms with van der Waals surface area (Å²) in [6.45, 7) is 4.57. The molecule has 30 heavy (non-hydrogen) atoms. The zero-order valence-electron chi connectivity index (χ0n) is 17.4. The summed E-state index contributed by atoms with van der Waals surface area (Å²) in [5.74, 6) is 0.908. The maximum absolute atomic E-state index is 13.1. The minimum absolute atomic E-state index is 0.00836. The fourth-order valence-electron chi connectivity index (χ4n) is 4.11. The van der Waals surface area contributed by atoms with Crippen LogP contribution in [0.5, 0.6) is 11.5 Å². The lowest BCUT2D eigenvalue weighted by molar-refractivity contribution is -0.134. The second kappa shape index (κ2) is 9.20. The van der Waals surface area contributed by atoms with Gasteiger partial charge in [0.1, 0.15) is 0 Å². The van der Waals surface area contributed by atoms with Crippen LogP contribution in [0, 0.1) is 0 Å². The highest BCUT2D eigenvalue weighted by Crippen LogP contribution is 2.32. The van der Waals surface area contributed by atoms with Gasteiger partial charge in [-0.15, -0.1) is 0 Å². The van der Waals surface area contributed by atoms with E-state index in [1.807, 2.05) is 30.0 Å². The Kier molecular flexibility index (Phi) is 6.21. The second-order valence-corrected chi connectivity index (χ2v) is 7.66. The number of para-hydroxylation sites is 1. The Morgan fingerprint density at radius 3 is 2.53 bits per heavy atom. The molecule has 0 bridgehead atoms. The van der Waals surface area contributed by atoms with Gasteiger partial charge in [0.25, 0.3) is 11.8 Å². The minimum atomic E-state index is -0.0585. The highest BCUT2D eigenvalue weighted by atomic mass is 16.5. The fourth-order valence-corrected chi connectivity index (χ4v) is 4.11. The number of amides is 2. The van der Waals surface area contributed by atoms with Gasteiger partial charge in [-0.1, -0.05) is 18.2 Å². The van der Waals surface area contributed by atoms with E-state index in [2.05, 4.69) is 6.07 Å². The molecule has 2 heterocycles.